The van der Waals surface area contributed by atoms with Gasteiger partial charge in [0.15, 0.2) is 0 Å². The van der Waals surface area contributed by atoms with Crippen LogP contribution in [0.2, 0.25) is 0 Å². The number of carbonyl (C=O) groups is 1. The van der Waals surface area contributed by atoms with Crippen LogP contribution in [-0.2, 0) is 9.53 Å². The predicted molar refractivity (Wildman–Crippen MR) is 190 cm³/mol. The summed E-state index contributed by atoms with van der Waals surface area (Å²) in [6.07, 6.45) is 10.7. The topological polar surface area (TPSA) is 116 Å². The first-order chi connectivity index (χ1) is 23.0. The Balaban J connectivity index is 1.45. The molecule has 1 aromatic rings. The van der Waals surface area contributed by atoms with Gasteiger partial charge in [-0.2, -0.15) is 0 Å². The number of aliphatic imine (C=N–C) groups is 3. The Morgan fingerprint density at radius 2 is 1.73 bits per heavy atom. The van der Waals surface area contributed by atoms with Crippen molar-refractivity contribution in [1.29, 1.82) is 0 Å². The molecule has 8 heteroatoms. The van der Waals surface area contributed by atoms with Crippen LogP contribution in [0.15, 0.2) is 143 Å². The average molecular weight is 641 g/mol. The molecule has 3 atom stereocenters. The number of aliphatic hydroxyl groups is 2. The van der Waals surface area contributed by atoms with Crippen LogP contribution in [0, 0.1) is 11.8 Å². The van der Waals surface area contributed by atoms with E-state index in [9.17, 15) is 15.0 Å². The van der Waals surface area contributed by atoms with Crippen LogP contribution < -0.4 is 5.32 Å². The summed E-state index contributed by atoms with van der Waals surface area (Å²) >= 11 is 0. The number of nitrogens with one attached hydrogen (secondary N) is 1. The van der Waals surface area contributed by atoms with Crippen molar-refractivity contribution < 1.29 is 19.7 Å². The van der Waals surface area contributed by atoms with Crippen LogP contribution in [0.1, 0.15) is 59.4 Å². The van der Waals surface area contributed by atoms with Gasteiger partial charge in [-0.05, 0) is 74.6 Å². The minimum Gasteiger partial charge on any atom is -0.511 e. The highest BCUT2D eigenvalue weighted by atomic mass is 16.5. The van der Waals surface area contributed by atoms with Gasteiger partial charge in [0.25, 0.3) is 0 Å². The maximum Gasteiger partial charge on any atom is 0.305 e. The Labute approximate surface area is 281 Å². The molecule has 8 nitrogen and oxygen atoms in total. The van der Waals surface area contributed by atoms with Gasteiger partial charge in [0.05, 0.1) is 47.4 Å². The number of fused-ring (bicyclic) bond motifs is 5. The van der Waals surface area contributed by atoms with Gasteiger partial charge in [-0.1, -0.05) is 49.4 Å². The number of hydrogen-bond acceptors (Lipinski definition) is 8. The lowest BCUT2D eigenvalue weighted by molar-refractivity contribution is -0.140. The van der Waals surface area contributed by atoms with E-state index in [1.165, 1.54) is 7.11 Å². The number of benzene rings is 1. The molecule has 6 aliphatic rings. The van der Waals surface area contributed by atoms with Crippen LogP contribution >= 0.6 is 0 Å². The van der Waals surface area contributed by atoms with Gasteiger partial charge < -0.3 is 20.3 Å². The number of methoxy groups -OCH3 is 1. The van der Waals surface area contributed by atoms with E-state index in [0.29, 0.717) is 24.3 Å². The third-order valence-corrected chi connectivity index (χ3v) is 10.2. The van der Waals surface area contributed by atoms with Crippen molar-refractivity contribution >= 4 is 29.2 Å². The zero-order chi connectivity index (χ0) is 33.9. The molecule has 1 saturated heterocycles. The summed E-state index contributed by atoms with van der Waals surface area (Å²) in [5, 5.41) is 26.0. The number of nitrogens with zero attached hydrogens (tertiary/aromatic N) is 3. The lowest BCUT2D eigenvalue weighted by atomic mass is 9.86. The van der Waals surface area contributed by atoms with E-state index in [1.54, 1.807) is 6.92 Å². The molecule has 0 amide bonds. The van der Waals surface area contributed by atoms with E-state index in [-0.39, 0.29) is 24.2 Å². The van der Waals surface area contributed by atoms with Gasteiger partial charge in [0.2, 0.25) is 0 Å². The highest BCUT2D eigenvalue weighted by molar-refractivity contribution is 6.21. The second kappa shape index (κ2) is 12.2. The quantitative estimate of drug-likeness (QED) is 0.283. The maximum atomic E-state index is 12.3. The molecule has 0 radical (unpaired) electrons. The number of allylic oxidation sites excluding steroid dienone is 11. The predicted octanol–water partition coefficient (Wildman–Crippen LogP) is 7.30. The van der Waals surface area contributed by atoms with Crippen LogP contribution in [0.4, 0.5) is 0 Å². The first-order valence-corrected chi connectivity index (χ1v) is 16.5. The lowest BCUT2D eigenvalue weighted by Gasteiger charge is -2.17. The van der Waals surface area contributed by atoms with Gasteiger partial charge in [0, 0.05) is 58.4 Å². The van der Waals surface area contributed by atoms with E-state index >= 15 is 0 Å². The molecule has 1 fully saturated rings. The van der Waals surface area contributed by atoms with Crippen molar-refractivity contribution in [1.82, 2.24) is 5.32 Å². The molecule has 244 valence electrons. The van der Waals surface area contributed by atoms with Crippen molar-refractivity contribution in [3.63, 3.8) is 0 Å². The Kier molecular flexibility index (Phi) is 8.00. The average Bonchev–Trinajstić information content (AvgIpc) is 3.82. The SMILES string of the molecule is COC(=O)CC[C@@H]1C2=C3CC(O)=C4C3=NC(=C4C)C=C3N=C(C=C4N=C(C=C(N2)[C@H]1C)C(C)=C4[C@@H](C)O)C(C)=C3/C=C\c1ccccc1. The first kappa shape index (κ1) is 31.5. The number of esters is 1. The third-order valence-electron chi connectivity index (χ3n) is 10.2. The van der Waals surface area contributed by atoms with Crippen molar-refractivity contribution in [3.05, 3.63) is 133 Å². The fourth-order valence-corrected chi connectivity index (χ4v) is 7.50. The summed E-state index contributed by atoms with van der Waals surface area (Å²) in [5.74, 6) is 0.0337. The molecule has 7 rings (SSSR count). The largest absolute Gasteiger partial charge is 0.511 e. The zero-order valence-electron chi connectivity index (χ0n) is 28.2. The van der Waals surface area contributed by atoms with Crippen LogP contribution in [0.5, 0.6) is 0 Å². The summed E-state index contributed by atoms with van der Waals surface area (Å²) < 4.78 is 4.99. The van der Waals surface area contributed by atoms with E-state index in [1.807, 2.05) is 44.2 Å². The van der Waals surface area contributed by atoms with E-state index < -0.39 is 6.10 Å². The van der Waals surface area contributed by atoms with Crippen LogP contribution in [0.25, 0.3) is 6.08 Å². The van der Waals surface area contributed by atoms with Crippen LogP contribution in [0.3, 0.4) is 0 Å². The normalized spacial score (nSPS) is 23.9. The van der Waals surface area contributed by atoms with Crippen molar-refractivity contribution in [3.8, 4) is 0 Å². The van der Waals surface area contributed by atoms with Gasteiger partial charge in [-0.25, -0.2) is 15.0 Å². The van der Waals surface area contributed by atoms with Gasteiger partial charge in [-0.15, -0.1) is 0 Å². The minimum absolute atomic E-state index is 0.0275. The Hall–Kier alpha value is -5.08. The number of ether oxygens (including phenoxy) is 1. The zero-order valence-corrected chi connectivity index (χ0v) is 28.2. The fourth-order valence-electron chi connectivity index (χ4n) is 7.50. The van der Waals surface area contributed by atoms with Gasteiger partial charge in [-0.3, -0.25) is 4.79 Å². The minimum atomic E-state index is -0.735. The molecular formula is C40H40N4O4. The summed E-state index contributed by atoms with van der Waals surface area (Å²) in [6, 6.07) is 10.1. The van der Waals surface area contributed by atoms with Gasteiger partial charge >= 0.3 is 5.97 Å². The van der Waals surface area contributed by atoms with Gasteiger partial charge in [0.1, 0.15) is 5.76 Å². The Morgan fingerprint density at radius 1 is 1.00 bits per heavy atom. The van der Waals surface area contributed by atoms with Crippen LogP contribution in [-0.4, -0.2) is 46.5 Å². The number of aliphatic hydroxyl groups excluding tert-OH is 2. The van der Waals surface area contributed by atoms with E-state index in [0.717, 1.165) is 84.5 Å². The number of carbonyl (C=O) groups excluding carboxylic acids is 1. The second-order valence-electron chi connectivity index (χ2n) is 13.1. The summed E-state index contributed by atoms with van der Waals surface area (Å²) in [6.45, 7) is 9.96. The van der Waals surface area contributed by atoms with E-state index in [4.69, 9.17) is 19.7 Å². The van der Waals surface area contributed by atoms with E-state index in [2.05, 4.69) is 49.5 Å². The standard InChI is InChI=1S/C40H40N4O4/c1-20-26(13-12-25-10-8-7-9-11-25)33-18-32-23(4)38-35(46)16-28(40(38)44-32)39-27(14-15-36(47)48-6)21(2)30(43-39)17-31-22(3)37(24(5)45)34(42-31)19-29(20)41-33/h7-13,17-19,21,24,27,43,45-46H,14-16H2,1-6H3/b13-12-,30-17?,33-18?,34-19?,39-28?/t21-,24+,27-/m0/s1. The van der Waals surface area contributed by atoms with Crippen molar-refractivity contribution in [2.45, 2.75) is 60.0 Å². The molecule has 0 unspecified atom stereocenters. The van der Waals surface area contributed by atoms with Crippen molar-refractivity contribution in [2.75, 3.05) is 7.11 Å². The maximum absolute atomic E-state index is 12.3. The molecule has 1 aromatic carbocycles. The fraction of sp³-hybridized carbons (Fsp3) is 0.300. The Bertz CT molecular complexity index is 2040. The highest BCUT2D eigenvalue weighted by Gasteiger charge is 2.41. The highest BCUT2D eigenvalue weighted by Crippen LogP contribution is 2.46. The molecule has 8 bridgehead atoms. The summed E-state index contributed by atoms with van der Waals surface area (Å²) in [7, 11) is 1.41. The monoisotopic (exact) mass is 640 g/mol. The first-order valence-electron chi connectivity index (χ1n) is 16.5. The lowest BCUT2D eigenvalue weighted by Crippen LogP contribution is -2.16. The molecular weight excluding hydrogens is 600 g/mol. The van der Waals surface area contributed by atoms with Crippen molar-refractivity contribution in [2.24, 2.45) is 26.8 Å². The summed E-state index contributed by atoms with van der Waals surface area (Å²) in [4.78, 5) is 27.6. The second-order valence-corrected chi connectivity index (χ2v) is 13.1. The molecule has 0 aromatic heterocycles. The number of hydrogen-bond donors (Lipinski definition) is 3. The molecule has 3 N–H and O–H groups in total. The molecule has 0 spiro atoms. The summed E-state index contributed by atoms with van der Waals surface area (Å²) in [5.41, 5.74) is 13.7. The molecule has 48 heavy (non-hydrogen) atoms. The smallest absolute Gasteiger partial charge is 0.305 e. The molecule has 5 heterocycles. The molecule has 0 saturated carbocycles. The molecule has 1 aliphatic carbocycles. The molecule has 5 aliphatic heterocycles. The number of rotatable bonds is 6. The Morgan fingerprint density at radius 3 is 2.46 bits per heavy atom. The third kappa shape index (κ3) is 5.30.